The fourth-order valence-electron chi connectivity index (χ4n) is 2.42. The van der Waals surface area contributed by atoms with Crippen LogP contribution in [0.3, 0.4) is 0 Å². The number of anilines is 2. The summed E-state index contributed by atoms with van der Waals surface area (Å²) in [7, 11) is 0. The van der Waals surface area contributed by atoms with Gasteiger partial charge in [-0.1, -0.05) is 19.4 Å². The molecule has 1 aromatic carbocycles. The minimum atomic E-state index is -0.172. The van der Waals surface area contributed by atoms with E-state index in [2.05, 4.69) is 10.6 Å². The minimum Gasteiger partial charge on any atom is -0.336 e. The molecule has 0 aliphatic carbocycles. The zero-order chi connectivity index (χ0) is 15.2. The number of amides is 3. The number of nitrogens with zero attached hydrogens (tertiary/aromatic N) is 1. The molecule has 1 aliphatic rings. The third-order valence-electron chi connectivity index (χ3n) is 3.57. The summed E-state index contributed by atoms with van der Waals surface area (Å²) in [5.41, 5.74) is 7.11. The summed E-state index contributed by atoms with van der Waals surface area (Å²) in [6.07, 6.45) is 1.69. The van der Waals surface area contributed by atoms with Crippen LogP contribution in [0.2, 0.25) is 0 Å². The van der Waals surface area contributed by atoms with Crippen molar-refractivity contribution in [3.8, 4) is 0 Å². The number of hydrogen-bond acceptors (Lipinski definition) is 3. The van der Waals surface area contributed by atoms with Crippen LogP contribution in [-0.2, 0) is 4.79 Å². The van der Waals surface area contributed by atoms with E-state index < -0.39 is 0 Å². The first kappa shape index (κ1) is 15.3. The second-order valence-electron chi connectivity index (χ2n) is 5.14. The van der Waals surface area contributed by atoms with E-state index in [1.807, 2.05) is 31.2 Å². The summed E-state index contributed by atoms with van der Waals surface area (Å²) in [4.78, 5) is 25.5. The summed E-state index contributed by atoms with van der Waals surface area (Å²) in [6.45, 7) is 3.65. The zero-order valence-electron chi connectivity index (χ0n) is 12.3. The van der Waals surface area contributed by atoms with E-state index in [9.17, 15) is 9.59 Å². The minimum absolute atomic E-state index is 0.0672. The van der Waals surface area contributed by atoms with Crippen molar-refractivity contribution in [3.63, 3.8) is 0 Å². The van der Waals surface area contributed by atoms with Crippen molar-refractivity contribution in [1.29, 1.82) is 0 Å². The van der Waals surface area contributed by atoms with Crippen LogP contribution in [0, 0.1) is 5.92 Å². The van der Waals surface area contributed by atoms with Crippen molar-refractivity contribution in [2.45, 2.75) is 19.8 Å². The number of urea groups is 1. The molecule has 2 rings (SSSR count). The number of carbonyl (C=O) groups is 2. The van der Waals surface area contributed by atoms with Gasteiger partial charge in [-0.05, 0) is 24.6 Å². The predicted octanol–water partition coefficient (Wildman–Crippen LogP) is 1.53. The van der Waals surface area contributed by atoms with Gasteiger partial charge in [-0.15, -0.1) is 0 Å². The molecule has 0 aromatic heterocycles. The van der Waals surface area contributed by atoms with E-state index in [4.69, 9.17) is 5.73 Å². The lowest BCUT2D eigenvalue weighted by molar-refractivity contribution is -0.119. The second kappa shape index (κ2) is 7.08. The van der Waals surface area contributed by atoms with Gasteiger partial charge >= 0.3 is 6.03 Å². The first-order chi connectivity index (χ1) is 10.2. The monoisotopic (exact) mass is 290 g/mol. The number of carbonyl (C=O) groups excluding carboxylic acids is 2. The largest absolute Gasteiger partial charge is 0.336 e. The van der Waals surface area contributed by atoms with E-state index >= 15 is 0 Å². The lowest BCUT2D eigenvalue weighted by Gasteiger charge is -2.17. The Morgan fingerprint density at radius 3 is 2.95 bits per heavy atom. The molecule has 0 saturated carbocycles. The average molecular weight is 290 g/mol. The lowest BCUT2D eigenvalue weighted by Crippen LogP contribution is -2.29. The van der Waals surface area contributed by atoms with Crippen LogP contribution >= 0.6 is 0 Å². The Balaban J connectivity index is 2.07. The number of rotatable bonds is 6. The van der Waals surface area contributed by atoms with Crippen LogP contribution in [0.15, 0.2) is 24.3 Å². The number of nitrogens with one attached hydrogen (secondary N) is 2. The Bertz CT molecular complexity index is 518. The van der Waals surface area contributed by atoms with Crippen molar-refractivity contribution < 1.29 is 9.59 Å². The molecular weight excluding hydrogens is 268 g/mol. The van der Waals surface area contributed by atoms with Crippen LogP contribution in [0.5, 0.6) is 0 Å². The van der Waals surface area contributed by atoms with Gasteiger partial charge in [-0.3, -0.25) is 9.69 Å². The fraction of sp³-hybridized carbons (Fsp3) is 0.467. The summed E-state index contributed by atoms with van der Waals surface area (Å²) < 4.78 is 0. The quantitative estimate of drug-likeness (QED) is 0.742. The highest BCUT2D eigenvalue weighted by Crippen LogP contribution is 2.21. The van der Waals surface area contributed by atoms with Crippen molar-refractivity contribution >= 4 is 23.3 Å². The second-order valence-corrected chi connectivity index (χ2v) is 5.14. The maximum atomic E-state index is 12.1. The molecule has 3 amide bonds. The zero-order valence-corrected chi connectivity index (χ0v) is 12.3. The molecule has 1 saturated heterocycles. The summed E-state index contributed by atoms with van der Waals surface area (Å²) in [5, 5.41) is 5.63. The maximum Gasteiger partial charge on any atom is 0.321 e. The van der Waals surface area contributed by atoms with Crippen LogP contribution in [-0.4, -0.2) is 31.6 Å². The molecular formula is C15H22N4O2. The van der Waals surface area contributed by atoms with Gasteiger partial charge in [0.05, 0.1) is 5.92 Å². The Kier molecular flexibility index (Phi) is 5.16. The van der Waals surface area contributed by atoms with E-state index in [-0.39, 0.29) is 17.9 Å². The Morgan fingerprint density at radius 2 is 2.33 bits per heavy atom. The highest BCUT2D eigenvalue weighted by molar-refractivity contribution is 5.96. The molecule has 1 heterocycles. The maximum absolute atomic E-state index is 12.1. The van der Waals surface area contributed by atoms with Crippen molar-refractivity contribution in [2.75, 3.05) is 29.9 Å². The Hall–Kier alpha value is -2.08. The molecule has 0 spiro atoms. The van der Waals surface area contributed by atoms with Gasteiger partial charge in [-0.25, -0.2) is 4.79 Å². The Morgan fingerprint density at radius 1 is 1.52 bits per heavy atom. The van der Waals surface area contributed by atoms with Gasteiger partial charge in [0.15, 0.2) is 0 Å². The first-order valence-corrected chi connectivity index (χ1v) is 7.32. The molecule has 114 valence electrons. The number of benzene rings is 1. The normalized spacial score (nSPS) is 15.7. The van der Waals surface area contributed by atoms with Gasteiger partial charge in [0, 0.05) is 31.0 Å². The van der Waals surface area contributed by atoms with E-state index in [0.717, 1.165) is 18.5 Å². The van der Waals surface area contributed by atoms with E-state index in [1.54, 1.807) is 4.90 Å². The predicted molar refractivity (Wildman–Crippen MR) is 83.3 cm³/mol. The van der Waals surface area contributed by atoms with Crippen LogP contribution in [0.25, 0.3) is 0 Å². The van der Waals surface area contributed by atoms with Crippen LogP contribution < -0.4 is 21.3 Å². The molecule has 1 atom stereocenters. The van der Waals surface area contributed by atoms with Crippen molar-refractivity contribution in [1.82, 2.24) is 5.32 Å². The van der Waals surface area contributed by atoms with Crippen LogP contribution in [0.1, 0.15) is 19.8 Å². The van der Waals surface area contributed by atoms with Crippen molar-refractivity contribution in [2.24, 2.45) is 11.7 Å². The standard InChI is InChI=1S/C15H22N4O2/c1-2-4-11(10-16)14(20)18-12-5-3-6-13(9-12)19-8-7-17-15(19)21/h3,5-6,9,11H,2,4,7-8,10,16H2,1H3,(H,17,21)(H,18,20). The first-order valence-electron chi connectivity index (χ1n) is 7.32. The molecule has 1 fully saturated rings. The lowest BCUT2D eigenvalue weighted by atomic mass is 10.0. The Labute approximate surface area is 124 Å². The van der Waals surface area contributed by atoms with E-state index in [1.165, 1.54) is 0 Å². The van der Waals surface area contributed by atoms with Gasteiger partial charge in [0.25, 0.3) is 0 Å². The molecule has 6 heteroatoms. The third kappa shape index (κ3) is 3.72. The van der Waals surface area contributed by atoms with Crippen LogP contribution in [0.4, 0.5) is 16.2 Å². The van der Waals surface area contributed by atoms with E-state index in [0.29, 0.717) is 25.3 Å². The van der Waals surface area contributed by atoms with Gasteiger partial charge in [0.2, 0.25) is 5.91 Å². The number of nitrogens with two attached hydrogens (primary N) is 1. The van der Waals surface area contributed by atoms with Gasteiger partial charge in [-0.2, -0.15) is 0 Å². The molecule has 0 bridgehead atoms. The highest BCUT2D eigenvalue weighted by Gasteiger charge is 2.21. The highest BCUT2D eigenvalue weighted by atomic mass is 16.2. The summed E-state index contributed by atoms with van der Waals surface area (Å²) >= 11 is 0. The van der Waals surface area contributed by atoms with Gasteiger partial charge < -0.3 is 16.4 Å². The third-order valence-corrected chi connectivity index (χ3v) is 3.57. The average Bonchev–Trinajstić information content (AvgIpc) is 2.91. The molecule has 1 aliphatic heterocycles. The molecule has 0 radical (unpaired) electrons. The number of hydrogen-bond donors (Lipinski definition) is 3. The molecule has 6 nitrogen and oxygen atoms in total. The molecule has 21 heavy (non-hydrogen) atoms. The fourth-order valence-corrected chi connectivity index (χ4v) is 2.42. The summed E-state index contributed by atoms with van der Waals surface area (Å²) in [5.74, 6) is -0.240. The summed E-state index contributed by atoms with van der Waals surface area (Å²) in [6, 6.07) is 7.20. The molecule has 4 N–H and O–H groups in total. The molecule has 1 aromatic rings. The van der Waals surface area contributed by atoms with Gasteiger partial charge in [0.1, 0.15) is 0 Å². The SMILES string of the molecule is CCCC(CN)C(=O)Nc1cccc(N2CCNC2=O)c1. The topological polar surface area (TPSA) is 87.5 Å². The van der Waals surface area contributed by atoms with Crippen molar-refractivity contribution in [3.05, 3.63) is 24.3 Å². The molecule has 1 unspecified atom stereocenters. The smallest absolute Gasteiger partial charge is 0.321 e.